The molecule has 4 nitrogen and oxygen atoms in total. The first-order valence-corrected chi connectivity index (χ1v) is 5.26. The first-order valence-electron chi connectivity index (χ1n) is 5.26. The van der Waals surface area contributed by atoms with E-state index in [4.69, 9.17) is 9.47 Å². The fourth-order valence-electron chi connectivity index (χ4n) is 1.74. The fourth-order valence-corrected chi connectivity index (χ4v) is 1.74. The molecule has 1 aromatic heterocycles. The Hall–Kier alpha value is -1.13. The van der Waals surface area contributed by atoms with Gasteiger partial charge < -0.3 is 14.8 Å². The van der Waals surface area contributed by atoms with Crippen LogP contribution in [0.3, 0.4) is 0 Å². The van der Waals surface area contributed by atoms with Crippen LogP contribution in [0.2, 0.25) is 0 Å². The molecule has 0 amide bonds. The zero-order valence-electron chi connectivity index (χ0n) is 10.6. The van der Waals surface area contributed by atoms with E-state index in [0.29, 0.717) is 0 Å². The molecule has 0 aliphatic rings. The van der Waals surface area contributed by atoms with Crippen LogP contribution in [0.25, 0.3) is 0 Å². The molecule has 0 fully saturated rings. The van der Waals surface area contributed by atoms with Gasteiger partial charge in [-0.15, -0.1) is 0 Å². The Morgan fingerprint density at radius 3 is 2.50 bits per heavy atom. The van der Waals surface area contributed by atoms with Crippen molar-refractivity contribution in [2.45, 2.75) is 25.5 Å². The molecule has 0 radical (unpaired) electrons. The van der Waals surface area contributed by atoms with Crippen LogP contribution in [0.4, 0.5) is 0 Å². The van der Waals surface area contributed by atoms with E-state index in [1.807, 2.05) is 33.2 Å². The van der Waals surface area contributed by atoms with Crippen molar-refractivity contribution in [3.05, 3.63) is 24.0 Å². The summed E-state index contributed by atoms with van der Waals surface area (Å²) >= 11 is 0. The normalized spacial score (nSPS) is 13.6. The summed E-state index contributed by atoms with van der Waals surface area (Å²) in [6.45, 7) is 4.07. The Balaban J connectivity index is 3.03. The summed E-state index contributed by atoms with van der Waals surface area (Å²) in [5.74, 6) is 0.754. The van der Waals surface area contributed by atoms with Gasteiger partial charge in [0.05, 0.1) is 24.9 Å². The molecule has 0 saturated carbocycles. The molecule has 0 spiro atoms. The highest BCUT2D eigenvalue weighted by molar-refractivity contribution is 5.27. The third kappa shape index (κ3) is 2.71. The van der Waals surface area contributed by atoms with Crippen LogP contribution in [-0.4, -0.2) is 31.9 Å². The minimum absolute atomic E-state index is 0.0695. The number of aromatic nitrogens is 1. The molecular weight excluding hydrogens is 204 g/mol. The van der Waals surface area contributed by atoms with Crippen molar-refractivity contribution in [3.63, 3.8) is 0 Å². The first kappa shape index (κ1) is 12.9. The summed E-state index contributed by atoms with van der Waals surface area (Å²) in [6.07, 6.45) is 3.51. The third-order valence-corrected chi connectivity index (χ3v) is 2.81. The number of rotatable bonds is 5. The molecule has 1 heterocycles. The van der Waals surface area contributed by atoms with E-state index in [2.05, 4.69) is 10.3 Å². The number of nitrogens with one attached hydrogen (secondary N) is 1. The van der Waals surface area contributed by atoms with Crippen LogP contribution < -0.4 is 10.1 Å². The second-order valence-corrected chi connectivity index (χ2v) is 4.19. The molecule has 16 heavy (non-hydrogen) atoms. The van der Waals surface area contributed by atoms with Gasteiger partial charge in [-0.2, -0.15) is 0 Å². The van der Waals surface area contributed by atoms with E-state index in [9.17, 15) is 0 Å². The Labute approximate surface area is 97.0 Å². The molecule has 1 rings (SSSR count). The first-order chi connectivity index (χ1) is 7.55. The third-order valence-electron chi connectivity index (χ3n) is 2.81. The average Bonchev–Trinajstić information content (AvgIpc) is 2.30. The van der Waals surface area contributed by atoms with Crippen molar-refractivity contribution in [2.24, 2.45) is 0 Å². The zero-order valence-corrected chi connectivity index (χ0v) is 10.6. The van der Waals surface area contributed by atoms with Gasteiger partial charge in [-0.1, -0.05) is 0 Å². The van der Waals surface area contributed by atoms with Crippen LogP contribution >= 0.6 is 0 Å². The van der Waals surface area contributed by atoms with E-state index in [1.165, 1.54) is 0 Å². The molecule has 1 N–H and O–H groups in total. The lowest BCUT2D eigenvalue weighted by Crippen LogP contribution is -2.39. The second kappa shape index (κ2) is 5.27. The van der Waals surface area contributed by atoms with Gasteiger partial charge >= 0.3 is 0 Å². The predicted octanol–water partition coefficient (Wildman–Crippen LogP) is 1.78. The van der Waals surface area contributed by atoms with Crippen molar-refractivity contribution in [1.82, 2.24) is 10.3 Å². The maximum atomic E-state index is 5.49. The molecule has 1 unspecified atom stereocenters. The Morgan fingerprint density at radius 1 is 1.31 bits per heavy atom. The lowest BCUT2D eigenvalue weighted by molar-refractivity contribution is -0.00911. The van der Waals surface area contributed by atoms with Crippen LogP contribution in [0.5, 0.6) is 5.75 Å². The van der Waals surface area contributed by atoms with Gasteiger partial charge in [0.2, 0.25) is 0 Å². The molecule has 1 aromatic rings. The van der Waals surface area contributed by atoms with Crippen LogP contribution in [0.15, 0.2) is 18.5 Å². The van der Waals surface area contributed by atoms with Crippen molar-refractivity contribution in [2.75, 3.05) is 21.3 Å². The molecular formula is C12H20N2O2. The van der Waals surface area contributed by atoms with Crippen LogP contribution in [-0.2, 0) is 4.74 Å². The quantitative estimate of drug-likeness (QED) is 0.828. The van der Waals surface area contributed by atoms with E-state index >= 15 is 0 Å². The second-order valence-electron chi connectivity index (χ2n) is 4.19. The topological polar surface area (TPSA) is 43.4 Å². The number of pyridine rings is 1. The molecule has 1 atom stereocenters. The van der Waals surface area contributed by atoms with Crippen molar-refractivity contribution in [1.29, 1.82) is 0 Å². The molecule has 4 heteroatoms. The van der Waals surface area contributed by atoms with Gasteiger partial charge in [0.25, 0.3) is 0 Å². The number of ether oxygens (including phenoxy) is 2. The van der Waals surface area contributed by atoms with Gasteiger partial charge in [0.1, 0.15) is 5.75 Å². The smallest absolute Gasteiger partial charge is 0.137 e. The Morgan fingerprint density at radius 2 is 2.00 bits per heavy atom. The molecule has 0 saturated heterocycles. The summed E-state index contributed by atoms with van der Waals surface area (Å²) < 4.78 is 10.7. The minimum atomic E-state index is -0.303. The lowest BCUT2D eigenvalue weighted by Gasteiger charge is -2.33. The van der Waals surface area contributed by atoms with Crippen LogP contribution in [0, 0.1) is 0 Å². The number of hydrogen-bond donors (Lipinski definition) is 1. The predicted molar refractivity (Wildman–Crippen MR) is 63.7 cm³/mol. The lowest BCUT2D eigenvalue weighted by atomic mass is 9.93. The summed E-state index contributed by atoms with van der Waals surface area (Å²) in [6, 6.07) is 2.04. The van der Waals surface area contributed by atoms with Gasteiger partial charge in [0, 0.05) is 13.3 Å². The summed E-state index contributed by atoms with van der Waals surface area (Å²) in [5, 5.41) is 3.24. The average molecular weight is 224 g/mol. The van der Waals surface area contributed by atoms with Gasteiger partial charge in [0.15, 0.2) is 0 Å². The minimum Gasteiger partial charge on any atom is -0.495 e. The highest BCUT2D eigenvalue weighted by Crippen LogP contribution is 2.29. The maximum Gasteiger partial charge on any atom is 0.137 e. The van der Waals surface area contributed by atoms with E-state index in [-0.39, 0.29) is 11.6 Å². The highest BCUT2D eigenvalue weighted by Gasteiger charge is 2.29. The van der Waals surface area contributed by atoms with Crippen LogP contribution in [0.1, 0.15) is 25.5 Å². The van der Waals surface area contributed by atoms with E-state index in [0.717, 1.165) is 11.3 Å². The number of hydrogen-bond acceptors (Lipinski definition) is 4. The standard InChI is InChI=1S/C12H20N2O2/c1-12(2,16-5)11(13-3)9-6-10(15-4)8-14-7-9/h6-8,11,13H,1-5H3. The number of likely N-dealkylation sites (N-methyl/N-ethyl adjacent to an activating group) is 1. The van der Waals surface area contributed by atoms with Crippen molar-refractivity contribution >= 4 is 0 Å². The van der Waals surface area contributed by atoms with Crippen molar-refractivity contribution in [3.8, 4) is 5.75 Å². The zero-order chi connectivity index (χ0) is 12.2. The Kier molecular flexibility index (Phi) is 4.26. The largest absolute Gasteiger partial charge is 0.495 e. The van der Waals surface area contributed by atoms with E-state index in [1.54, 1.807) is 20.4 Å². The Bertz CT molecular complexity index is 340. The monoisotopic (exact) mass is 224 g/mol. The van der Waals surface area contributed by atoms with Gasteiger partial charge in [-0.05, 0) is 32.5 Å². The molecule has 0 aliphatic heterocycles. The molecule has 90 valence electrons. The maximum absolute atomic E-state index is 5.49. The summed E-state index contributed by atoms with van der Waals surface area (Å²) in [5.41, 5.74) is 0.747. The SMILES string of the molecule is CNC(c1cncc(OC)c1)C(C)(C)OC. The summed E-state index contributed by atoms with van der Waals surface area (Å²) in [4.78, 5) is 4.15. The van der Waals surface area contributed by atoms with Crippen molar-refractivity contribution < 1.29 is 9.47 Å². The fraction of sp³-hybridized carbons (Fsp3) is 0.583. The molecule has 0 aromatic carbocycles. The van der Waals surface area contributed by atoms with Gasteiger partial charge in [-0.3, -0.25) is 4.98 Å². The van der Waals surface area contributed by atoms with Gasteiger partial charge in [-0.25, -0.2) is 0 Å². The highest BCUT2D eigenvalue weighted by atomic mass is 16.5. The number of methoxy groups -OCH3 is 2. The van der Waals surface area contributed by atoms with E-state index < -0.39 is 0 Å². The summed E-state index contributed by atoms with van der Waals surface area (Å²) in [7, 11) is 5.25. The molecule has 0 bridgehead atoms. The molecule has 0 aliphatic carbocycles. The number of nitrogens with zero attached hydrogens (tertiary/aromatic N) is 1.